The molecule has 0 bridgehead atoms. The molecular formula is C8H16O4. The standard InChI is InChI=1S/C8H16O4/c1-4-11-7(2)5-12-8(9)6-10-3/h7H,4-6H2,1-3H3. The lowest BCUT2D eigenvalue weighted by atomic mass is 10.4. The van der Waals surface area contributed by atoms with E-state index in [1.807, 2.05) is 13.8 Å². The molecule has 0 saturated heterocycles. The smallest absolute Gasteiger partial charge is 0.332 e. The van der Waals surface area contributed by atoms with Gasteiger partial charge in [-0.05, 0) is 13.8 Å². The molecule has 0 aromatic rings. The largest absolute Gasteiger partial charge is 0.461 e. The fraction of sp³-hybridized carbons (Fsp3) is 0.875. The van der Waals surface area contributed by atoms with Crippen LogP contribution in [0.2, 0.25) is 0 Å². The van der Waals surface area contributed by atoms with E-state index in [4.69, 9.17) is 9.47 Å². The Morgan fingerprint density at radius 1 is 1.50 bits per heavy atom. The molecule has 0 aliphatic heterocycles. The van der Waals surface area contributed by atoms with Crippen molar-refractivity contribution in [2.75, 3.05) is 26.9 Å². The number of hydrogen-bond donors (Lipinski definition) is 0. The third-order valence-corrected chi connectivity index (χ3v) is 1.19. The SMILES string of the molecule is CCOC(C)COC(=O)COC. The number of rotatable bonds is 6. The van der Waals surface area contributed by atoms with Gasteiger partial charge in [0, 0.05) is 13.7 Å². The number of ether oxygens (including phenoxy) is 3. The highest BCUT2D eigenvalue weighted by atomic mass is 16.6. The number of methoxy groups -OCH3 is 1. The van der Waals surface area contributed by atoms with Crippen molar-refractivity contribution in [1.82, 2.24) is 0 Å². The van der Waals surface area contributed by atoms with Gasteiger partial charge < -0.3 is 14.2 Å². The van der Waals surface area contributed by atoms with Crippen LogP contribution >= 0.6 is 0 Å². The van der Waals surface area contributed by atoms with E-state index in [1.54, 1.807) is 0 Å². The van der Waals surface area contributed by atoms with Crippen LogP contribution < -0.4 is 0 Å². The fourth-order valence-corrected chi connectivity index (χ4v) is 0.702. The van der Waals surface area contributed by atoms with Gasteiger partial charge in [-0.25, -0.2) is 4.79 Å². The molecule has 0 amide bonds. The summed E-state index contributed by atoms with van der Waals surface area (Å²) in [4.78, 5) is 10.7. The van der Waals surface area contributed by atoms with Crippen LogP contribution in [0.15, 0.2) is 0 Å². The lowest BCUT2D eigenvalue weighted by molar-refractivity contribution is -0.151. The van der Waals surface area contributed by atoms with Crippen LogP contribution in [0.25, 0.3) is 0 Å². The van der Waals surface area contributed by atoms with Crippen molar-refractivity contribution < 1.29 is 19.0 Å². The van der Waals surface area contributed by atoms with Crippen molar-refractivity contribution in [1.29, 1.82) is 0 Å². The number of esters is 1. The summed E-state index contributed by atoms with van der Waals surface area (Å²) in [5.74, 6) is -0.357. The summed E-state index contributed by atoms with van der Waals surface area (Å²) in [7, 11) is 1.45. The summed E-state index contributed by atoms with van der Waals surface area (Å²) in [6.45, 7) is 4.66. The van der Waals surface area contributed by atoms with E-state index < -0.39 is 0 Å². The number of carbonyl (C=O) groups excluding carboxylic acids is 1. The molecule has 0 saturated carbocycles. The summed E-state index contributed by atoms with van der Waals surface area (Å²) in [5, 5.41) is 0. The summed E-state index contributed by atoms with van der Waals surface area (Å²) in [5.41, 5.74) is 0. The van der Waals surface area contributed by atoms with E-state index in [1.165, 1.54) is 7.11 Å². The molecule has 12 heavy (non-hydrogen) atoms. The first-order valence-corrected chi connectivity index (χ1v) is 3.96. The van der Waals surface area contributed by atoms with E-state index in [-0.39, 0.29) is 25.3 Å². The van der Waals surface area contributed by atoms with Gasteiger partial charge in [0.1, 0.15) is 13.2 Å². The Labute approximate surface area is 72.8 Å². The van der Waals surface area contributed by atoms with Gasteiger partial charge in [0.15, 0.2) is 0 Å². The van der Waals surface area contributed by atoms with Crippen molar-refractivity contribution in [3.8, 4) is 0 Å². The zero-order chi connectivity index (χ0) is 9.40. The molecule has 0 fully saturated rings. The maximum absolute atomic E-state index is 10.7. The Balaban J connectivity index is 3.33. The highest BCUT2D eigenvalue weighted by molar-refractivity contribution is 5.70. The van der Waals surface area contributed by atoms with Gasteiger partial charge in [-0.2, -0.15) is 0 Å². The Kier molecular flexibility index (Phi) is 6.70. The molecular weight excluding hydrogens is 160 g/mol. The highest BCUT2D eigenvalue weighted by Crippen LogP contribution is 1.91. The number of hydrogen-bond acceptors (Lipinski definition) is 4. The minimum atomic E-state index is -0.357. The second kappa shape index (κ2) is 7.06. The first-order chi connectivity index (χ1) is 5.70. The third-order valence-electron chi connectivity index (χ3n) is 1.19. The Morgan fingerprint density at radius 3 is 2.67 bits per heavy atom. The number of carbonyl (C=O) groups is 1. The van der Waals surface area contributed by atoms with Gasteiger partial charge >= 0.3 is 5.97 Å². The van der Waals surface area contributed by atoms with Gasteiger partial charge in [0.2, 0.25) is 0 Å². The van der Waals surface area contributed by atoms with E-state index in [0.717, 1.165) is 0 Å². The van der Waals surface area contributed by atoms with Crippen LogP contribution in [0.1, 0.15) is 13.8 Å². The van der Waals surface area contributed by atoms with Crippen molar-refractivity contribution >= 4 is 5.97 Å². The van der Waals surface area contributed by atoms with Gasteiger partial charge in [-0.15, -0.1) is 0 Å². The minimum absolute atomic E-state index is 0.00115. The average Bonchev–Trinajstić information content (AvgIpc) is 2.02. The summed E-state index contributed by atoms with van der Waals surface area (Å²) in [6.07, 6.45) is -0.0455. The third kappa shape index (κ3) is 6.12. The molecule has 0 spiro atoms. The van der Waals surface area contributed by atoms with Crippen LogP contribution in [-0.4, -0.2) is 39.0 Å². The molecule has 4 nitrogen and oxygen atoms in total. The Morgan fingerprint density at radius 2 is 2.17 bits per heavy atom. The monoisotopic (exact) mass is 176 g/mol. The van der Waals surface area contributed by atoms with E-state index >= 15 is 0 Å². The van der Waals surface area contributed by atoms with E-state index in [0.29, 0.717) is 6.61 Å². The average molecular weight is 176 g/mol. The lowest BCUT2D eigenvalue weighted by Gasteiger charge is -2.11. The second-order valence-corrected chi connectivity index (χ2v) is 2.38. The van der Waals surface area contributed by atoms with Crippen LogP contribution in [0.4, 0.5) is 0 Å². The molecule has 0 heterocycles. The predicted octanol–water partition coefficient (Wildman–Crippen LogP) is 0.601. The lowest BCUT2D eigenvalue weighted by Crippen LogP contribution is -2.21. The molecule has 0 radical (unpaired) electrons. The van der Waals surface area contributed by atoms with Crippen LogP contribution in [0, 0.1) is 0 Å². The van der Waals surface area contributed by atoms with Crippen LogP contribution in [0.5, 0.6) is 0 Å². The van der Waals surface area contributed by atoms with Crippen molar-refractivity contribution in [3.63, 3.8) is 0 Å². The normalized spacial score (nSPS) is 12.6. The zero-order valence-corrected chi connectivity index (χ0v) is 7.83. The molecule has 4 heteroatoms. The first kappa shape index (κ1) is 11.4. The zero-order valence-electron chi connectivity index (χ0n) is 7.83. The summed E-state index contributed by atoms with van der Waals surface area (Å²) >= 11 is 0. The summed E-state index contributed by atoms with van der Waals surface area (Å²) in [6, 6.07) is 0. The van der Waals surface area contributed by atoms with Gasteiger partial charge in [0.25, 0.3) is 0 Å². The van der Waals surface area contributed by atoms with Gasteiger partial charge in [-0.1, -0.05) is 0 Å². The molecule has 0 aromatic heterocycles. The molecule has 0 aromatic carbocycles. The Bertz CT molecular complexity index is 124. The molecule has 0 aliphatic rings. The van der Waals surface area contributed by atoms with Crippen molar-refractivity contribution in [2.45, 2.75) is 20.0 Å². The van der Waals surface area contributed by atoms with E-state index in [9.17, 15) is 4.79 Å². The Hall–Kier alpha value is -0.610. The summed E-state index contributed by atoms with van der Waals surface area (Å²) < 4.78 is 14.5. The minimum Gasteiger partial charge on any atom is -0.461 e. The highest BCUT2D eigenvalue weighted by Gasteiger charge is 2.05. The van der Waals surface area contributed by atoms with Gasteiger partial charge in [0.05, 0.1) is 6.10 Å². The molecule has 1 unspecified atom stereocenters. The van der Waals surface area contributed by atoms with Crippen LogP contribution in [-0.2, 0) is 19.0 Å². The molecule has 72 valence electrons. The molecule has 0 rings (SSSR count). The van der Waals surface area contributed by atoms with Crippen molar-refractivity contribution in [3.05, 3.63) is 0 Å². The van der Waals surface area contributed by atoms with Crippen LogP contribution in [0.3, 0.4) is 0 Å². The predicted molar refractivity (Wildman–Crippen MR) is 43.9 cm³/mol. The van der Waals surface area contributed by atoms with E-state index in [2.05, 4.69) is 4.74 Å². The molecule has 0 N–H and O–H groups in total. The molecule has 0 aliphatic carbocycles. The van der Waals surface area contributed by atoms with Gasteiger partial charge in [-0.3, -0.25) is 0 Å². The first-order valence-electron chi connectivity index (χ1n) is 3.96. The maximum atomic E-state index is 10.7. The second-order valence-electron chi connectivity index (χ2n) is 2.38. The topological polar surface area (TPSA) is 44.8 Å². The molecule has 1 atom stereocenters. The van der Waals surface area contributed by atoms with Crippen molar-refractivity contribution in [2.24, 2.45) is 0 Å². The maximum Gasteiger partial charge on any atom is 0.332 e. The quantitative estimate of drug-likeness (QED) is 0.556. The fourth-order valence-electron chi connectivity index (χ4n) is 0.702.